The molecule has 0 saturated heterocycles. The molecule has 3 nitrogen and oxygen atoms in total. The zero-order valence-corrected chi connectivity index (χ0v) is 17.3. The summed E-state index contributed by atoms with van der Waals surface area (Å²) in [6.45, 7) is 14.1. The molecule has 0 saturated carbocycles. The fourth-order valence-electron chi connectivity index (χ4n) is 5.27. The predicted octanol–water partition coefficient (Wildman–Crippen LogP) is 5.81. The van der Waals surface area contributed by atoms with Gasteiger partial charge in [-0.1, -0.05) is 44.3 Å². The van der Waals surface area contributed by atoms with Crippen LogP contribution in [-0.4, -0.2) is 28.4 Å². The van der Waals surface area contributed by atoms with Crippen LogP contribution in [0.25, 0.3) is 11.4 Å². The molecule has 0 radical (unpaired) electrons. The van der Waals surface area contributed by atoms with E-state index >= 15 is 0 Å². The lowest BCUT2D eigenvalue weighted by Crippen LogP contribution is -2.52. The van der Waals surface area contributed by atoms with Crippen LogP contribution in [0.15, 0.2) is 48.6 Å². The lowest BCUT2D eigenvalue weighted by atomic mass is 9.81. The summed E-state index contributed by atoms with van der Waals surface area (Å²) in [5.41, 5.74) is 7.69. The summed E-state index contributed by atoms with van der Waals surface area (Å²) in [4.78, 5) is 12.0. The fourth-order valence-corrected chi connectivity index (χ4v) is 5.27. The summed E-state index contributed by atoms with van der Waals surface area (Å²) < 4.78 is 0. The topological polar surface area (TPSA) is 23.6 Å². The number of fused-ring (bicyclic) bond motifs is 2. The molecule has 1 aromatic carbocycles. The van der Waals surface area contributed by atoms with E-state index in [-0.39, 0.29) is 0 Å². The van der Waals surface area contributed by atoms with Crippen LogP contribution < -0.4 is 0 Å². The van der Waals surface area contributed by atoms with Gasteiger partial charge >= 0.3 is 0 Å². The van der Waals surface area contributed by atoms with E-state index in [0.29, 0.717) is 24.2 Å². The number of rotatable bonds is 3. The van der Waals surface area contributed by atoms with Crippen molar-refractivity contribution >= 4 is 17.2 Å². The van der Waals surface area contributed by atoms with Crippen LogP contribution in [0.5, 0.6) is 0 Å². The van der Waals surface area contributed by atoms with E-state index in [9.17, 15) is 4.79 Å². The molecule has 28 heavy (non-hydrogen) atoms. The van der Waals surface area contributed by atoms with Gasteiger partial charge in [-0.2, -0.15) is 0 Å². The van der Waals surface area contributed by atoms with Crippen molar-refractivity contribution in [3.8, 4) is 0 Å². The zero-order valence-electron chi connectivity index (χ0n) is 17.3. The van der Waals surface area contributed by atoms with Crippen molar-refractivity contribution in [2.75, 3.05) is 6.54 Å². The van der Waals surface area contributed by atoms with Crippen LogP contribution in [0, 0.1) is 5.92 Å². The van der Waals surface area contributed by atoms with Gasteiger partial charge < -0.3 is 0 Å². The Morgan fingerprint density at radius 1 is 1.11 bits per heavy atom. The fraction of sp³-hybridized carbons (Fsp3) is 0.480. The van der Waals surface area contributed by atoms with E-state index in [1.165, 1.54) is 24.0 Å². The van der Waals surface area contributed by atoms with Crippen molar-refractivity contribution in [1.29, 1.82) is 0 Å². The molecule has 0 amide bonds. The Hall–Kier alpha value is -2.29. The molecule has 1 aromatic rings. The lowest BCUT2D eigenvalue weighted by molar-refractivity contribution is -0.119. The highest BCUT2D eigenvalue weighted by Gasteiger charge is 2.38. The Kier molecular flexibility index (Phi) is 5.18. The van der Waals surface area contributed by atoms with Gasteiger partial charge in [-0.05, 0) is 56.1 Å². The van der Waals surface area contributed by atoms with E-state index in [1.807, 2.05) is 6.92 Å². The quantitative estimate of drug-likeness (QED) is 0.622. The minimum absolute atomic E-state index is 0.294. The maximum atomic E-state index is 12.0. The second kappa shape index (κ2) is 7.62. The van der Waals surface area contributed by atoms with Crippen LogP contribution in [-0.2, 0) is 4.79 Å². The van der Waals surface area contributed by atoms with Crippen LogP contribution in [0.1, 0.15) is 69.9 Å². The second-order valence-corrected chi connectivity index (χ2v) is 8.54. The molecule has 1 unspecified atom stereocenters. The summed E-state index contributed by atoms with van der Waals surface area (Å²) >= 11 is 0. The normalized spacial score (nSPS) is 24.9. The van der Waals surface area contributed by atoms with E-state index in [2.05, 4.69) is 54.4 Å². The van der Waals surface area contributed by atoms with Gasteiger partial charge in [-0.3, -0.25) is 14.8 Å². The van der Waals surface area contributed by atoms with Gasteiger partial charge in [0.05, 0.1) is 24.0 Å². The first-order valence-corrected chi connectivity index (χ1v) is 10.8. The van der Waals surface area contributed by atoms with Crippen molar-refractivity contribution in [1.82, 2.24) is 10.0 Å². The lowest BCUT2D eigenvalue weighted by Gasteiger charge is -2.52. The summed E-state index contributed by atoms with van der Waals surface area (Å²) in [6, 6.07) is 8.77. The summed E-state index contributed by atoms with van der Waals surface area (Å²) in [7, 11) is 0. The third-order valence-corrected chi connectivity index (χ3v) is 6.89. The smallest absolute Gasteiger partial charge is 0.132 e. The predicted molar refractivity (Wildman–Crippen MR) is 116 cm³/mol. The first-order valence-electron chi connectivity index (χ1n) is 10.8. The second-order valence-electron chi connectivity index (χ2n) is 8.54. The largest absolute Gasteiger partial charge is 0.300 e. The number of hydrazine groups is 1. The summed E-state index contributed by atoms with van der Waals surface area (Å²) in [5.74, 6) is 0.965. The Morgan fingerprint density at radius 2 is 1.82 bits per heavy atom. The molecule has 148 valence electrons. The van der Waals surface area contributed by atoms with Crippen molar-refractivity contribution in [3.63, 3.8) is 0 Å². The van der Waals surface area contributed by atoms with Gasteiger partial charge in [0, 0.05) is 24.0 Å². The van der Waals surface area contributed by atoms with Crippen molar-refractivity contribution in [3.05, 3.63) is 59.7 Å². The molecule has 2 atom stereocenters. The number of nitrogens with zero attached hydrogens (tertiary/aromatic N) is 2. The molecule has 0 fully saturated rings. The van der Waals surface area contributed by atoms with Gasteiger partial charge in [-0.15, -0.1) is 0 Å². The maximum Gasteiger partial charge on any atom is 0.132 e. The number of hydrogen-bond acceptors (Lipinski definition) is 3. The molecule has 0 spiro atoms. The van der Waals surface area contributed by atoms with Gasteiger partial charge in [-0.25, -0.2) is 0 Å². The Balaban J connectivity index is 1.61. The number of ketones is 1. The van der Waals surface area contributed by atoms with Crippen LogP contribution in [0.4, 0.5) is 0 Å². The SMILES string of the molecule is C=C1c2ccccc2C(=C)N2C(C)C3=C(CCC[C@H](CC(=O)CC)CC3)CN12. The number of carbonyl (C=O) groups is 1. The van der Waals surface area contributed by atoms with E-state index < -0.39 is 0 Å². The molecule has 3 aliphatic rings. The number of benzene rings is 1. The van der Waals surface area contributed by atoms with E-state index in [4.69, 9.17) is 0 Å². The van der Waals surface area contributed by atoms with E-state index in [1.54, 1.807) is 11.1 Å². The number of hydrogen-bond donors (Lipinski definition) is 0. The van der Waals surface area contributed by atoms with Crippen LogP contribution in [0.3, 0.4) is 0 Å². The molecule has 0 aromatic heterocycles. The highest BCUT2D eigenvalue weighted by molar-refractivity contribution is 5.81. The van der Waals surface area contributed by atoms with Gasteiger partial charge in [0.2, 0.25) is 0 Å². The molecule has 4 rings (SSSR count). The molecule has 3 heteroatoms. The van der Waals surface area contributed by atoms with Crippen molar-refractivity contribution in [2.24, 2.45) is 5.92 Å². The molecule has 1 aliphatic carbocycles. The van der Waals surface area contributed by atoms with Gasteiger partial charge in [0.15, 0.2) is 0 Å². The van der Waals surface area contributed by atoms with Gasteiger partial charge in [0.25, 0.3) is 0 Å². The molecular weight excluding hydrogens is 344 g/mol. The first-order chi connectivity index (χ1) is 13.5. The zero-order chi connectivity index (χ0) is 19.8. The van der Waals surface area contributed by atoms with Crippen molar-refractivity contribution < 1.29 is 4.79 Å². The highest BCUT2D eigenvalue weighted by atomic mass is 16.1. The molecular formula is C25H32N2O. The average Bonchev–Trinajstić information content (AvgIpc) is 2.68. The highest BCUT2D eigenvalue weighted by Crippen LogP contribution is 2.44. The van der Waals surface area contributed by atoms with Crippen LogP contribution >= 0.6 is 0 Å². The minimum Gasteiger partial charge on any atom is -0.300 e. The first kappa shape index (κ1) is 19.0. The third-order valence-electron chi connectivity index (χ3n) is 6.89. The number of carbonyl (C=O) groups excluding carboxylic acids is 1. The minimum atomic E-state index is 0.294. The molecule has 2 heterocycles. The summed E-state index contributed by atoms with van der Waals surface area (Å²) in [6.07, 6.45) is 7.17. The monoisotopic (exact) mass is 376 g/mol. The maximum absolute atomic E-state index is 12.0. The van der Waals surface area contributed by atoms with E-state index in [0.717, 1.165) is 43.6 Å². The van der Waals surface area contributed by atoms with Crippen LogP contribution in [0.2, 0.25) is 0 Å². The Labute approximate surface area is 169 Å². The molecule has 2 aliphatic heterocycles. The Bertz CT molecular complexity index is 850. The third kappa shape index (κ3) is 3.21. The van der Waals surface area contributed by atoms with Gasteiger partial charge in [0.1, 0.15) is 5.78 Å². The Morgan fingerprint density at radius 3 is 2.54 bits per heavy atom. The number of Topliss-reactive ketones (excluding diaryl/α,β-unsaturated/α-hetero) is 1. The van der Waals surface area contributed by atoms with Crippen molar-refractivity contribution in [2.45, 2.75) is 64.8 Å². The standard InChI is InChI=1S/C25H32N2O/c1-5-22(28)15-20-9-8-10-21-16-26-17(2)24-11-6-7-12-25(24)19(4)27(26)18(3)23(21)14-13-20/h6-7,11-12,18,20H,2,4-5,8-10,13-16H2,1,3H3/t18?,20-/m0/s1. The summed E-state index contributed by atoms with van der Waals surface area (Å²) in [5, 5.41) is 4.70. The molecule has 0 bridgehead atoms. The molecule has 0 N–H and O–H groups in total. The average molecular weight is 377 g/mol.